The van der Waals surface area contributed by atoms with Gasteiger partial charge in [0.05, 0.1) is 18.8 Å². The molecule has 1 saturated heterocycles. The van der Waals surface area contributed by atoms with E-state index in [2.05, 4.69) is 33.0 Å². The summed E-state index contributed by atoms with van der Waals surface area (Å²) in [7, 11) is 0. The fourth-order valence-electron chi connectivity index (χ4n) is 2.63. The van der Waals surface area contributed by atoms with Gasteiger partial charge in [0, 0.05) is 6.54 Å². The Bertz CT molecular complexity index is 325. The van der Waals surface area contributed by atoms with Gasteiger partial charge in [-0.25, -0.2) is 8.78 Å². The maximum atomic E-state index is 12.4. The molecule has 1 amide bonds. The summed E-state index contributed by atoms with van der Waals surface area (Å²) in [4.78, 5) is 14.2. The predicted molar refractivity (Wildman–Crippen MR) is 78.2 cm³/mol. The van der Waals surface area contributed by atoms with Crippen molar-refractivity contribution in [3.63, 3.8) is 0 Å². The minimum atomic E-state index is -2.46. The van der Waals surface area contributed by atoms with Crippen LogP contribution in [0.25, 0.3) is 0 Å². The van der Waals surface area contributed by atoms with Crippen LogP contribution in [0.4, 0.5) is 8.78 Å². The van der Waals surface area contributed by atoms with Crippen LogP contribution in [-0.2, 0) is 9.53 Å². The van der Waals surface area contributed by atoms with Crippen LogP contribution in [0.5, 0.6) is 0 Å². The van der Waals surface area contributed by atoms with Crippen molar-refractivity contribution in [2.24, 2.45) is 11.8 Å². The van der Waals surface area contributed by atoms with E-state index >= 15 is 0 Å². The van der Waals surface area contributed by atoms with Crippen LogP contribution in [-0.4, -0.2) is 49.2 Å². The van der Waals surface area contributed by atoms with Crippen molar-refractivity contribution in [2.75, 3.05) is 19.8 Å². The second-order valence-electron chi connectivity index (χ2n) is 6.49. The Kier molecular flexibility index (Phi) is 7.52. The highest BCUT2D eigenvalue weighted by Gasteiger charge is 2.38. The van der Waals surface area contributed by atoms with Crippen molar-refractivity contribution in [3.8, 4) is 0 Å². The average molecular weight is 306 g/mol. The van der Waals surface area contributed by atoms with E-state index in [9.17, 15) is 13.6 Å². The van der Waals surface area contributed by atoms with Gasteiger partial charge < -0.3 is 9.64 Å². The van der Waals surface area contributed by atoms with Crippen LogP contribution in [0.1, 0.15) is 40.5 Å². The number of alkyl halides is 2. The van der Waals surface area contributed by atoms with Gasteiger partial charge in [-0.2, -0.15) is 0 Å². The third kappa shape index (κ3) is 6.26. The number of nitrogens with one attached hydrogen (secondary N) is 1. The van der Waals surface area contributed by atoms with Gasteiger partial charge in [-0.3, -0.25) is 10.1 Å². The molecule has 0 aromatic rings. The summed E-state index contributed by atoms with van der Waals surface area (Å²) < 4.78 is 29.0. The van der Waals surface area contributed by atoms with Crippen molar-refractivity contribution in [1.29, 1.82) is 0 Å². The molecule has 1 fully saturated rings. The molecule has 6 heteroatoms. The molecule has 2 unspecified atom stereocenters. The summed E-state index contributed by atoms with van der Waals surface area (Å²) in [5.41, 5.74) is 0. The summed E-state index contributed by atoms with van der Waals surface area (Å²) in [6, 6.07) is -0.163. The lowest BCUT2D eigenvalue weighted by atomic mass is 10.0. The van der Waals surface area contributed by atoms with E-state index in [1.165, 1.54) is 0 Å². The molecule has 124 valence electrons. The van der Waals surface area contributed by atoms with Crippen molar-refractivity contribution in [2.45, 2.75) is 59.2 Å². The standard InChI is InChI=1S/C15H28F2N2O2/c1-10(2)7-12-15(20)19(5-6-21-9-13(16)17)14(18-12)8-11(3)4/h10-14,18H,5-9H2,1-4H3. The highest BCUT2D eigenvalue weighted by atomic mass is 19.3. The zero-order valence-electron chi connectivity index (χ0n) is 13.4. The number of carbonyl (C=O) groups excluding carboxylic acids is 1. The van der Waals surface area contributed by atoms with Crippen LogP contribution in [0.3, 0.4) is 0 Å². The molecule has 1 N–H and O–H groups in total. The first kappa shape index (κ1) is 18.3. The summed E-state index contributed by atoms with van der Waals surface area (Å²) in [5, 5.41) is 3.38. The number of halogens is 2. The first-order valence-corrected chi connectivity index (χ1v) is 7.73. The number of amides is 1. The molecule has 1 rings (SSSR count). The van der Waals surface area contributed by atoms with Crippen LogP contribution >= 0.6 is 0 Å². The van der Waals surface area contributed by atoms with E-state index in [0.717, 1.165) is 12.8 Å². The fourth-order valence-corrected chi connectivity index (χ4v) is 2.63. The van der Waals surface area contributed by atoms with E-state index in [0.29, 0.717) is 18.4 Å². The van der Waals surface area contributed by atoms with Gasteiger partial charge in [0.25, 0.3) is 6.43 Å². The topological polar surface area (TPSA) is 41.6 Å². The summed E-state index contributed by atoms with van der Waals surface area (Å²) >= 11 is 0. The summed E-state index contributed by atoms with van der Waals surface area (Å²) in [6.45, 7) is 8.33. The van der Waals surface area contributed by atoms with Crippen molar-refractivity contribution in [3.05, 3.63) is 0 Å². The molecule has 21 heavy (non-hydrogen) atoms. The van der Waals surface area contributed by atoms with Crippen LogP contribution in [0.15, 0.2) is 0 Å². The van der Waals surface area contributed by atoms with E-state index in [4.69, 9.17) is 4.74 Å². The van der Waals surface area contributed by atoms with E-state index in [-0.39, 0.29) is 24.7 Å². The van der Waals surface area contributed by atoms with E-state index in [1.807, 2.05) is 0 Å². The molecular formula is C15H28F2N2O2. The lowest BCUT2D eigenvalue weighted by Gasteiger charge is -2.25. The maximum absolute atomic E-state index is 12.4. The molecule has 1 aliphatic rings. The lowest BCUT2D eigenvalue weighted by Crippen LogP contribution is -2.40. The molecule has 0 aliphatic carbocycles. The lowest BCUT2D eigenvalue weighted by molar-refractivity contribution is -0.131. The van der Waals surface area contributed by atoms with Crippen LogP contribution in [0.2, 0.25) is 0 Å². The normalized spacial score (nSPS) is 23.1. The first-order valence-electron chi connectivity index (χ1n) is 7.73. The summed E-state index contributed by atoms with van der Waals surface area (Å²) in [6.07, 6.45) is -0.828. The molecule has 4 nitrogen and oxygen atoms in total. The van der Waals surface area contributed by atoms with Gasteiger partial charge in [-0.1, -0.05) is 27.7 Å². The number of hydrogen-bond acceptors (Lipinski definition) is 3. The summed E-state index contributed by atoms with van der Waals surface area (Å²) in [5.74, 6) is 0.953. The van der Waals surface area contributed by atoms with Crippen molar-refractivity contribution < 1.29 is 18.3 Å². The molecule has 0 saturated carbocycles. The zero-order valence-corrected chi connectivity index (χ0v) is 13.4. The van der Waals surface area contributed by atoms with Crippen molar-refractivity contribution in [1.82, 2.24) is 10.2 Å². The smallest absolute Gasteiger partial charge is 0.261 e. The predicted octanol–water partition coefficient (Wildman–Crippen LogP) is 2.49. The quantitative estimate of drug-likeness (QED) is 0.665. The highest BCUT2D eigenvalue weighted by molar-refractivity contribution is 5.84. The van der Waals surface area contributed by atoms with E-state index in [1.54, 1.807) is 4.90 Å². The van der Waals surface area contributed by atoms with Gasteiger partial charge >= 0.3 is 0 Å². The second-order valence-corrected chi connectivity index (χ2v) is 6.49. The van der Waals surface area contributed by atoms with Crippen LogP contribution < -0.4 is 5.32 Å². The highest BCUT2D eigenvalue weighted by Crippen LogP contribution is 2.21. The second kappa shape index (κ2) is 8.63. The Hall–Kier alpha value is -0.750. The maximum Gasteiger partial charge on any atom is 0.261 e. The molecular weight excluding hydrogens is 278 g/mol. The van der Waals surface area contributed by atoms with Crippen molar-refractivity contribution >= 4 is 5.91 Å². The Morgan fingerprint density at radius 3 is 2.33 bits per heavy atom. The third-order valence-corrected chi connectivity index (χ3v) is 3.47. The molecule has 2 atom stereocenters. The zero-order chi connectivity index (χ0) is 16.0. The molecule has 1 heterocycles. The fraction of sp³-hybridized carbons (Fsp3) is 0.933. The number of hydrogen-bond donors (Lipinski definition) is 1. The number of carbonyl (C=O) groups is 1. The van der Waals surface area contributed by atoms with Gasteiger partial charge in [0.2, 0.25) is 5.91 Å². The molecule has 0 radical (unpaired) electrons. The first-order chi connectivity index (χ1) is 9.81. The van der Waals surface area contributed by atoms with Gasteiger partial charge in [-0.15, -0.1) is 0 Å². The largest absolute Gasteiger partial charge is 0.374 e. The molecule has 1 aliphatic heterocycles. The Morgan fingerprint density at radius 1 is 1.19 bits per heavy atom. The SMILES string of the molecule is CC(C)CC1NC(CC(C)C)N(CCOCC(F)F)C1=O. The number of rotatable bonds is 9. The average Bonchev–Trinajstić information content (AvgIpc) is 2.60. The minimum absolute atomic E-state index is 0.0172. The Morgan fingerprint density at radius 2 is 1.81 bits per heavy atom. The van der Waals surface area contributed by atoms with E-state index < -0.39 is 13.0 Å². The van der Waals surface area contributed by atoms with Crippen LogP contribution in [0, 0.1) is 11.8 Å². The Balaban J connectivity index is 2.55. The molecule has 0 bridgehead atoms. The molecule has 0 spiro atoms. The Labute approximate surface area is 126 Å². The molecule has 0 aromatic heterocycles. The third-order valence-electron chi connectivity index (χ3n) is 3.47. The van der Waals surface area contributed by atoms with Gasteiger partial charge in [0.15, 0.2) is 0 Å². The van der Waals surface area contributed by atoms with Gasteiger partial charge in [-0.05, 0) is 24.7 Å². The minimum Gasteiger partial charge on any atom is -0.374 e. The number of nitrogens with zero attached hydrogens (tertiary/aromatic N) is 1. The molecule has 0 aromatic carbocycles. The van der Waals surface area contributed by atoms with Gasteiger partial charge in [0.1, 0.15) is 6.61 Å². The number of ether oxygens (including phenoxy) is 1. The monoisotopic (exact) mass is 306 g/mol.